The van der Waals surface area contributed by atoms with Gasteiger partial charge in [0.1, 0.15) is 0 Å². The molecule has 0 bridgehead atoms. The molecule has 0 amide bonds. The minimum atomic E-state index is -0.833. The van der Waals surface area contributed by atoms with Gasteiger partial charge in [-0.05, 0) is 56.2 Å². The Bertz CT molecular complexity index is 2010. The number of fused-ring (bicyclic) bond motifs is 1. The number of nitro benzene ring substituents is 1. The van der Waals surface area contributed by atoms with Gasteiger partial charge in [0.05, 0.1) is 33.4 Å². The molecule has 0 radical (unpaired) electrons. The zero-order valence-corrected chi connectivity index (χ0v) is 24.8. The fraction of sp³-hybridized carbons (Fsp3) is 0.179. The first-order valence-corrected chi connectivity index (χ1v) is 14.6. The van der Waals surface area contributed by atoms with E-state index in [1.165, 1.54) is 34.9 Å². The standard InChI is InChI=1S/C28H22ClN5O6S2/c1-4-40-26(37)23-15(3)31-28-33(24(23)16-5-7-18(29)8-6-16)25(36)21(42-28)13-17-12-19(34(38)39)9-10-20(17)41-27-30-14(2)11-22(35)32-27/h5-13,24H,4H2,1-3H3,(H,30,32,35)/b21-13+/t24-/m1/s1. The van der Waals surface area contributed by atoms with Gasteiger partial charge in [0.2, 0.25) is 0 Å². The van der Waals surface area contributed by atoms with Crippen molar-refractivity contribution >= 4 is 52.4 Å². The van der Waals surface area contributed by atoms with Crippen LogP contribution >= 0.6 is 34.7 Å². The second-order valence-corrected chi connectivity index (χ2v) is 11.6. The lowest BCUT2D eigenvalue weighted by molar-refractivity contribution is -0.384. The number of ether oxygens (including phenoxy) is 1. The van der Waals surface area contributed by atoms with Gasteiger partial charge < -0.3 is 9.72 Å². The molecule has 1 aliphatic heterocycles. The normalized spacial score (nSPS) is 14.9. The molecule has 0 fully saturated rings. The number of allylic oxidation sites excluding steroid dienone is 1. The van der Waals surface area contributed by atoms with Gasteiger partial charge in [0.15, 0.2) is 9.96 Å². The molecule has 0 aliphatic carbocycles. The van der Waals surface area contributed by atoms with Crippen LogP contribution in [0, 0.1) is 17.0 Å². The molecule has 0 unspecified atom stereocenters. The maximum atomic E-state index is 14.0. The Morgan fingerprint density at radius 3 is 2.62 bits per heavy atom. The highest BCUT2D eigenvalue weighted by atomic mass is 35.5. The third kappa shape index (κ3) is 5.84. The molecule has 3 heterocycles. The van der Waals surface area contributed by atoms with Crippen LogP contribution in [0.2, 0.25) is 5.02 Å². The monoisotopic (exact) mass is 623 g/mol. The molecular formula is C28H22ClN5O6S2. The average molecular weight is 624 g/mol. The zero-order valence-electron chi connectivity index (χ0n) is 22.4. The van der Waals surface area contributed by atoms with Gasteiger partial charge in [-0.2, -0.15) is 0 Å². The van der Waals surface area contributed by atoms with Crippen molar-refractivity contribution in [2.75, 3.05) is 6.61 Å². The number of H-pyrrole nitrogens is 1. The second kappa shape index (κ2) is 11.9. The van der Waals surface area contributed by atoms with E-state index in [4.69, 9.17) is 16.3 Å². The summed E-state index contributed by atoms with van der Waals surface area (Å²) in [6.07, 6.45) is 1.54. The van der Waals surface area contributed by atoms with E-state index in [0.29, 0.717) is 42.4 Å². The summed E-state index contributed by atoms with van der Waals surface area (Å²) >= 11 is 8.30. The van der Waals surface area contributed by atoms with Crippen molar-refractivity contribution in [3.63, 3.8) is 0 Å². The van der Waals surface area contributed by atoms with E-state index in [2.05, 4.69) is 15.0 Å². The van der Waals surface area contributed by atoms with E-state index in [0.717, 1.165) is 23.1 Å². The van der Waals surface area contributed by atoms with E-state index in [9.17, 15) is 24.5 Å². The van der Waals surface area contributed by atoms with Crippen molar-refractivity contribution in [1.29, 1.82) is 0 Å². The first-order chi connectivity index (χ1) is 20.0. The first-order valence-electron chi connectivity index (χ1n) is 12.5. The molecule has 0 saturated heterocycles. The molecule has 2 aromatic carbocycles. The van der Waals surface area contributed by atoms with Gasteiger partial charge in [-0.25, -0.2) is 14.8 Å². The van der Waals surface area contributed by atoms with Gasteiger partial charge in [0.25, 0.3) is 16.8 Å². The van der Waals surface area contributed by atoms with E-state index < -0.39 is 22.5 Å². The van der Waals surface area contributed by atoms with E-state index in [1.807, 2.05) is 0 Å². The number of aromatic amines is 1. The largest absolute Gasteiger partial charge is 0.463 e. The van der Waals surface area contributed by atoms with Crippen molar-refractivity contribution in [2.24, 2.45) is 4.99 Å². The molecule has 42 heavy (non-hydrogen) atoms. The number of non-ortho nitro benzene ring substituents is 1. The van der Waals surface area contributed by atoms with Crippen LogP contribution < -0.4 is 20.5 Å². The van der Waals surface area contributed by atoms with Crippen molar-refractivity contribution in [1.82, 2.24) is 14.5 Å². The smallest absolute Gasteiger partial charge is 0.338 e. The Balaban J connectivity index is 1.71. The maximum absolute atomic E-state index is 14.0. The Labute approximate surface area is 251 Å². The van der Waals surface area contributed by atoms with Gasteiger partial charge in [-0.15, -0.1) is 0 Å². The Hall–Kier alpha value is -4.33. The number of hydrogen-bond donors (Lipinski definition) is 1. The molecule has 1 aliphatic rings. The Kier molecular flexibility index (Phi) is 8.25. The van der Waals surface area contributed by atoms with Crippen LogP contribution in [0.15, 0.2) is 84.4 Å². The van der Waals surface area contributed by atoms with Crippen molar-refractivity contribution in [3.8, 4) is 0 Å². The average Bonchev–Trinajstić information content (AvgIpc) is 3.22. The summed E-state index contributed by atoms with van der Waals surface area (Å²) in [6, 6.07) is 11.5. The van der Waals surface area contributed by atoms with Crippen LogP contribution in [0.4, 0.5) is 5.69 Å². The number of carbonyl (C=O) groups excluding carboxylic acids is 1. The van der Waals surface area contributed by atoms with E-state index >= 15 is 0 Å². The third-order valence-electron chi connectivity index (χ3n) is 6.25. The SMILES string of the molecule is CCOC(=O)C1=C(C)N=c2s/c(=C/c3cc([N+](=O)[O-])ccc3Sc3nc(C)cc(=O)[nH]3)c(=O)n2[C@@H]1c1ccc(Cl)cc1. The third-order valence-corrected chi connectivity index (χ3v) is 8.46. The molecule has 2 aromatic heterocycles. The molecule has 5 rings (SSSR count). The maximum Gasteiger partial charge on any atom is 0.338 e. The number of nitrogens with one attached hydrogen (secondary N) is 1. The highest BCUT2D eigenvalue weighted by Gasteiger charge is 2.33. The lowest BCUT2D eigenvalue weighted by Gasteiger charge is -2.24. The minimum Gasteiger partial charge on any atom is -0.463 e. The first kappa shape index (κ1) is 29.2. The predicted molar refractivity (Wildman–Crippen MR) is 159 cm³/mol. The van der Waals surface area contributed by atoms with Gasteiger partial charge in [0, 0.05) is 33.8 Å². The van der Waals surface area contributed by atoms with Crippen LogP contribution in [0.5, 0.6) is 0 Å². The highest BCUT2D eigenvalue weighted by Crippen LogP contribution is 2.33. The van der Waals surface area contributed by atoms with Crippen LogP contribution in [0.3, 0.4) is 0 Å². The number of benzene rings is 2. The van der Waals surface area contributed by atoms with Crippen molar-refractivity contribution in [3.05, 3.63) is 122 Å². The topological polar surface area (TPSA) is 150 Å². The molecular weight excluding hydrogens is 602 g/mol. The molecule has 4 aromatic rings. The quantitative estimate of drug-likeness (QED) is 0.141. The van der Waals surface area contributed by atoms with E-state index in [-0.39, 0.29) is 28.0 Å². The Morgan fingerprint density at radius 1 is 1.21 bits per heavy atom. The van der Waals surface area contributed by atoms with Crippen molar-refractivity contribution in [2.45, 2.75) is 36.9 Å². The van der Waals surface area contributed by atoms with Crippen LogP contribution in [0.25, 0.3) is 6.08 Å². The number of halogens is 1. The van der Waals surface area contributed by atoms with Crippen LogP contribution in [-0.4, -0.2) is 32.0 Å². The minimum absolute atomic E-state index is 0.141. The number of aryl methyl sites for hydroxylation is 1. The van der Waals surface area contributed by atoms with Crippen LogP contribution in [0.1, 0.15) is 36.7 Å². The summed E-state index contributed by atoms with van der Waals surface area (Å²) in [5, 5.41) is 12.4. The molecule has 11 nitrogen and oxygen atoms in total. The molecule has 0 saturated carbocycles. The zero-order chi connectivity index (χ0) is 30.1. The van der Waals surface area contributed by atoms with Gasteiger partial charge >= 0.3 is 5.97 Å². The molecule has 0 spiro atoms. The summed E-state index contributed by atoms with van der Waals surface area (Å²) in [7, 11) is 0. The number of aromatic nitrogens is 3. The number of rotatable bonds is 7. The number of nitrogens with zero attached hydrogens (tertiary/aromatic N) is 4. The highest BCUT2D eigenvalue weighted by molar-refractivity contribution is 7.99. The van der Waals surface area contributed by atoms with Crippen LogP contribution in [-0.2, 0) is 9.53 Å². The summed E-state index contributed by atoms with van der Waals surface area (Å²) in [5.41, 5.74) is 1.17. The summed E-state index contributed by atoms with van der Waals surface area (Å²) in [5.74, 6) is -0.593. The second-order valence-electron chi connectivity index (χ2n) is 9.13. The summed E-state index contributed by atoms with van der Waals surface area (Å²) < 4.78 is 6.96. The number of thiazole rings is 1. The number of nitro groups is 1. The molecule has 214 valence electrons. The number of esters is 1. The van der Waals surface area contributed by atoms with Gasteiger partial charge in [-0.3, -0.25) is 24.3 Å². The molecule has 1 atom stereocenters. The van der Waals surface area contributed by atoms with Crippen molar-refractivity contribution < 1.29 is 14.5 Å². The summed E-state index contributed by atoms with van der Waals surface area (Å²) in [4.78, 5) is 62.5. The predicted octanol–water partition coefficient (Wildman–Crippen LogP) is 3.90. The van der Waals surface area contributed by atoms with E-state index in [1.54, 1.807) is 45.0 Å². The number of hydrogen-bond acceptors (Lipinski definition) is 10. The molecule has 14 heteroatoms. The Morgan fingerprint density at radius 2 is 1.95 bits per heavy atom. The fourth-order valence-corrected chi connectivity index (χ4v) is 6.54. The lowest BCUT2D eigenvalue weighted by Crippen LogP contribution is -2.39. The molecule has 1 N–H and O–H groups in total. The van der Waals surface area contributed by atoms with Gasteiger partial charge in [-0.1, -0.05) is 46.8 Å². The number of carbonyl (C=O) groups is 1. The summed E-state index contributed by atoms with van der Waals surface area (Å²) in [6.45, 7) is 5.19. The fourth-order valence-electron chi connectivity index (χ4n) is 4.45. The lowest BCUT2D eigenvalue weighted by atomic mass is 9.96.